The van der Waals surface area contributed by atoms with E-state index in [9.17, 15) is 9.18 Å². The molecule has 2 rings (SSSR count). The number of hydrogen-bond acceptors (Lipinski definition) is 1. The van der Waals surface area contributed by atoms with Crippen molar-refractivity contribution in [1.29, 1.82) is 0 Å². The molecule has 1 heterocycles. The monoisotopic (exact) mass is 179 g/mol. The Hall–Kier alpha value is -1.38. The van der Waals surface area contributed by atoms with Crippen molar-refractivity contribution in [2.75, 3.05) is 4.90 Å². The van der Waals surface area contributed by atoms with Gasteiger partial charge in [-0.25, -0.2) is 4.39 Å². The number of halogens is 1. The summed E-state index contributed by atoms with van der Waals surface area (Å²) in [5, 5.41) is 0. The largest absolute Gasteiger partial charge is 0.309 e. The van der Waals surface area contributed by atoms with Crippen LogP contribution in [-0.2, 0) is 4.79 Å². The molecule has 0 bridgehead atoms. The minimum Gasteiger partial charge on any atom is -0.309 e. The summed E-state index contributed by atoms with van der Waals surface area (Å²) >= 11 is 0. The van der Waals surface area contributed by atoms with Crippen LogP contribution in [0.15, 0.2) is 24.3 Å². The first-order chi connectivity index (χ1) is 6.18. The minimum atomic E-state index is -0.274. The van der Waals surface area contributed by atoms with Crippen molar-refractivity contribution < 1.29 is 9.18 Å². The maximum absolute atomic E-state index is 12.6. The van der Waals surface area contributed by atoms with E-state index in [1.165, 1.54) is 12.1 Å². The molecule has 2 nitrogen and oxygen atoms in total. The predicted octanol–water partition coefficient (Wildman–Crippen LogP) is 1.95. The van der Waals surface area contributed by atoms with Gasteiger partial charge in [-0.2, -0.15) is 0 Å². The van der Waals surface area contributed by atoms with E-state index in [0.29, 0.717) is 6.42 Å². The molecule has 0 aromatic heterocycles. The molecule has 0 radical (unpaired) electrons. The molecule has 1 aromatic rings. The third-order valence-corrected chi connectivity index (χ3v) is 2.28. The molecule has 1 unspecified atom stereocenters. The normalized spacial score (nSPS) is 21.5. The average molecular weight is 179 g/mol. The Morgan fingerprint density at radius 1 is 1.38 bits per heavy atom. The van der Waals surface area contributed by atoms with Crippen LogP contribution in [-0.4, -0.2) is 11.9 Å². The summed E-state index contributed by atoms with van der Waals surface area (Å²) in [4.78, 5) is 12.8. The molecule has 1 saturated heterocycles. The molecular weight excluding hydrogens is 169 g/mol. The van der Waals surface area contributed by atoms with Gasteiger partial charge in [0.25, 0.3) is 0 Å². The molecule has 3 heteroatoms. The highest BCUT2D eigenvalue weighted by Gasteiger charge is 2.33. The first-order valence-corrected chi connectivity index (χ1v) is 4.26. The van der Waals surface area contributed by atoms with Crippen molar-refractivity contribution in [3.8, 4) is 0 Å². The number of rotatable bonds is 1. The second-order valence-electron chi connectivity index (χ2n) is 3.29. The van der Waals surface area contributed by atoms with Gasteiger partial charge in [-0.3, -0.25) is 4.79 Å². The van der Waals surface area contributed by atoms with Gasteiger partial charge in [0.05, 0.1) is 0 Å². The number of carbonyl (C=O) groups excluding carboxylic acids is 1. The average Bonchev–Trinajstić information content (AvgIpc) is 2.09. The highest BCUT2D eigenvalue weighted by atomic mass is 19.1. The van der Waals surface area contributed by atoms with E-state index in [-0.39, 0.29) is 17.8 Å². The second kappa shape index (κ2) is 2.83. The van der Waals surface area contributed by atoms with Crippen molar-refractivity contribution >= 4 is 11.6 Å². The van der Waals surface area contributed by atoms with E-state index in [4.69, 9.17) is 0 Å². The van der Waals surface area contributed by atoms with Crippen LogP contribution < -0.4 is 4.90 Å². The molecule has 68 valence electrons. The highest BCUT2D eigenvalue weighted by Crippen LogP contribution is 2.27. The summed E-state index contributed by atoms with van der Waals surface area (Å²) < 4.78 is 12.6. The zero-order chi connectivity index (χ0) is 9.42. The zero-order valence-electron chi connectivity index (χ0n) is 7.33. The van der Waals surface area contributed by atoms with Gasteiger partial charge >= 0.3 is 0 Å². The summed E-state index contributed by atoms with van der Waals surface area (Å²) in [6, 6.07) is 6.24. The lowest BCUT2D eigenvalue weighted by Gasteiger charge is -2.38. The SMILES string of the molecule is CC1CC(=O)N1c1ccc(F)cc1. The molecule has 1 aliphatic heterocycles. The number of hydrogen-bond donors (Lipinski definition) is 0. The molecule has 13 heavy (non-hydrogen) atoms. The Balaban J connectivity index is 2.25. The number of anilines is 1. The van der Waals surface area contributed by atoms with Crippen molar-refractivity contribution in [2.24, 2.45) is 0 Å². The summed E-state index contributed by atoms with van der Waals surface area (Å²) in [7, 11) is 0. The van der Waals surface area contributed by atoms with Crippen LogP contribution in [0.5, 0.6) is 0 Å². The molecule has 1 amide bonds. The quantitative estimate of drug-likeness (QED) is 0.603. The zero-order valence-corrected chi connectivity index (χ0v) is 7.33. The van der Waals surface area contributed by atoms with Crippen molar-refractivity contribution in [3.05, 3.63) is 30.1 Å². The number of β-lactam (4-membered cyclic amide) rings is 1. The van der Waals surface area contributed by atoms with Crippen LogP contribution in [0.1, 0.15) is 13.3 Å². The lowest BCUT2D eigenvalue weighted by Crippen LogP contribution is -2.51. The van der Waals surface area contributed by atoms with Gasteiger partial charge in [0.15, 0.2) is 0 Å². The summed E-state index contributed by atoms with van der Waals surface area (Å²) in [6.45, 7) is 1.98. The van der Waals surface area contributed by atoms with Crippen LogP contribution in [0.25, 0.3) is 0 Å². The van der Waals surface area contributed by atoms with Gasteiger partial charge in [-0.15, -0.1) is 0 Å². The Morgan fingerprint density at radius 2 is 2.00 bits per heavy atom. The van der Waals surface area contributed by atoms with Gasteiger partial charge in [-0.1, -0.05) is 0 Å². The van der Waals surface area contributed by atoms with Gasteiger partial charge in [0, 0.05) is 18.2 Å². The summed E-state index contributed by atoms with van der Waals surface area (Å²) in [6.07, 6.45) is 0.595. The maximum atomic E-state index is 12.6. The Kier molecular flexibility index (Phi) is 1.79. The Bertz CT molecular complexity index is 333. The fraction of sp³-hybridized carbons (Fsp3) is 0.300. The third kappa shape index (κ3) is 1.30. The van der Waals surface area contributed by atoms with Gasteiger partial charge in [0.1, 0.15) is 5.82 Å². The van der Waals surface area contributed by atoms with E-state index in [2.05, 4.69) is 0 Å². The predicted molar refractivity (Wildman–Crippen MR) is 48.0 cm³/mol. The van der Waals surface area contributed by atoms with Crippen LogP contribution in [0.2, 0.25) is 0 Å². The Labute approximate surface area is 76.0 Å². The van der Waals surface area contributed by atoms with E-state index in [0.717, 1.165) is 5.69 Å². The number of carbonyl (C=O) groups is 1. The van der Waals surface area contributed by atoms with E-state index in [1.54, 1.807) is 17.0 Å². The molecule has 1 aromatic carbocycles. The topological polar surface area (TPSA) is 20.3 Å². The Morgan fingerprint density at radius 3 is 2.46 bits per heavy atom. The van der Waals surface area contributed by atoms with Gasteiger partial charge in [-0.05, 0) is 31.2 Å². The van der Waals surface area contributed by atoms with E-state index >= 15 is 0 Å². The van der Waals surface area contributed by atoms with Crippen molar-refractivity contribution in [1.82, 2.24) is 0 Å². The van der Waals surface area contributed by atoms with Gasteiger partial charge in [0.2, 0.25) is 5.91 Å². The van der Waals surface area contributed by atoms with Gasteiger partial charge < -0.3 is 4.90 Å². The fourth-order valence-corrected chi connectivity index (χ4v) is 1.58. The van der Waals surface area contributed by atoms with E-state index in [1.807, 2.05) is 6.92 Å². The van der Waals surface area contributed by atoms with Crippen LogP contribution >= 0.6 is 0 Å². The smallest absolute Gasteiger partial charge is 0.229 e. The number of amides is 1. The summed E-state index contributed by atoms with van der Waals surface area (Å²) in [5.74, 6) is -0.163. The number of nitrogens with zero attached hydrogens (tertiary/aromatic N) is 1. The van der Waals surface area contributed by atoms with E-state index < -0.39 is 0 Å². The molecule has 1 fully saturated rings. The molecule has 1 atom stereocenters. The molecule has 1 aliphatic rings. The molecule has 0 aliphatic carbocycles. The standard InChI is InChI=1S/C10H10FNO/c1-7-6-10(13)12(7)9-4-2-8(11)3-5-9/h2-5,7H,6H2,1H3. The first kappa shape index (κ1) is 8.23. The van der Waals surface area contributed by atoms with Crippen LogP contribution in [0.3, 0.4) is 0 Å². The number of benzene rings is 1. The summed E-state index contributed by atoms with van der Waals surface area (Å²) in [5.41, 5.74) is 0.783. The van der Waals surface area contributed by atoms with Crippen molar-refractivity contribution in [2.45, 2.75) is 19.4 Å². The fourth-order valence-electron chi connectivity index (χ4n) is 1.58. The first-order valence-electron chi connectivity index (χ1n) is 4.26. The molecular formula is C10H10FNO. The molecule has 0 N–H and O–H groups in total. The third-order valence-electron chi connectivity index (χ3n) is 2.28. The minimum absolute atomic E-state index is 0.110. The van der Waals surface area contributed by atoms with Crippen LogP contribution in [0, 0.1) is 5.82 Å². The highest BCUT2D eigenvalue weighted by molar-refractivity contribution is 6.00. The second-order valence-corrected chi connectivity index (χ2v) is 3.29. The lowest BCUT2D eigenvalue weighted by molar-refractivity contribution is -0.123. The lowest BCUT2D eigenvalue weighted by atomic mass is 10.0. The molecule has 0 spiro atoms. The van der Waals surface area contributed by atoms with Crippen LogP contribution in [0.4, 0.5) is 10.1 Å². The van der Waals surface area contributed by atoms with Crippen molar-refractivity contribution in [3.63, 3.8) is 0 Å². The maximum Gasteiger partial charge on any atom is 0.229 e. The molecule has 0 saturated carbocycles.